The molecular weight excluding hydrogens is 269 g/mol. The molecule has 1 atom stereocenters. The lowest BCUT2D eigenvalue weighted by molar-refractivity contribution is 0.456. The molecule has 1 aromatic heterocycles. The van der Waals surface area contributed by atoms with Crippen LogP contribution in [0.5, 0.6) is 0 Å². The van der Waals surface area contributed by atoms with Crippen molar-refractivity contribution >= 4 is 23.2 Å². The van der Waals surface area contributed by atoms with Gasteiger partial charge in [-0.25, -0.2) is 0 Å². The number of hydrogen-bond donors (Lipinski definition) is 1. The van der Waals surface area contributed by atoms with Gasteiger partial charge in [0, 0.05) is 29.1 Å². The number of hydrogen-bond acceptors (Lipinski definition) is 2. The molecule has 0 amide bonds. The van der Waals surface area contributed by atoms with Crippen molar-refractivity contribution in [2.75, 3.05) is 0 Å². The monoisotopic (exact) mass is 283 g/mol. The van der Waals surface area contributed by atoms with Crippen molar-refractivity contribution in [3.8, 4) is 0 Å². The number of furan rings is 1. The van der Waals surface area contributed by atoms with Crippen molar-refractivity contribution in [3.05, 3.63) is 58.0 Å². The molecule has 2 rings (SSSR count). The summed E-state index contributed by atoms with van der Waals surface area (Å²) in [7, 11) is 0. The molecule has 1 N–H and O–H groups in total. The predicted molar refractivity (Wildman–Crippen MR) is 75.2 cm³/mol. The predicted octanol–water partition coefficient (Wildman–Crippen LogP) is 4.31. The summed E-state index contributed by atoms with van der Waals surface area (Å²) in [5.74, 6) is 0.985. The average molecular weight is 284 g/mol. The van der Waals surface area contributed by atoms with Gasteiger partial charge in [-0.05, 0) is 42.8 Å². The van der Waals surface area contributed by atoms with Crippen molar-refractivity contribution in [2.24, 2.45) is 0 Å². The van der Waals surface area contributed by atoms with Crippen LogP contribution in [0.3, 0.4) is 0 Å². The quantitative estimate of drug-likeness (QED) is 0.885. The number of rotatable bonds is 5. The highest BCUT2D eigenvalue weighted by Gasteiger charge is 2.06. The maximum atomic E-state index is 5.95. The highest BCUT2D eigenvalue weighted by molar-refractivity contribution is 6.34. The van der Waals surface area contributed by atoms with Gasteiger partial charge in [-0.1, -0.05) is 23.2 Å². The van der Waals surface area contributed by atoms with E-state index in [9.17, 15) is 0 Å². The van der Waals surface area contributed by atoms with Crippen molar-refractivity contribution in [2.45, 2.75) is 25.9 Å². The Labute approximate surface area is 117 Å². The molecule has 0 spiro atoms. The molecule has 1 heterocycles. The van der Waals surface area contributed by atoms with Crippen molar-refractivity contribution in [3.63, 3.8) is 0 Å². The number of nitrogens with one attached hydrogen (secondary N) is 1. The third-order valence-corrected chi connectivity index (χ3v) is 3.10. The molecule has 4 heteroatoms. The first-order chi connectivity index (χ1) is 8.63. The summed E-state index contributed by atoms with van der Waals surface area (Å²) in [5, 5.41) is 4.74. The molecule has 2 nitrogen and oxygen atoms in total. The smallest absolute Gasteiger partial charge is 0.105 e. The van der Waals surface area contributed by atoms with Gasteiger partial charge in [0.25, 0.3) is 0 Å². The van der Waals surface area contributed by atoms with Gasteiger partial charge in [-0.15, -0.1) is 0 Å². The molecule has 0 aliphatic carbocycles. The van der Waals surface area contributed by atoms with Crippen LogP contribution in [-0.2, 0) is 13.0 Å². The summed E-state index contributed by atoms with van der Waals surface area (Å²) in [4.78, 5) is 0. The van der Waals surface area contributed by atoms with E-state index in [1.165, 1.54) is 0 Å². The fraction of sp³-hybridized carbons (Fsp3) is 0.286. The molecule has 1 aromatic carbocycles. The van der Waals surface area contributed by atoms with Gasteiger partial charge < -0.3 is 9.73 Å². The van der Waals surface area contributed by atoms with Gasteiger partial charge in [0.2, 0.25) is 0 Å². The van der Waals surface area contributed by atoms with E-state index < -0.39 is 0 Å². The van der Waals surface area contributed by atoms with E-state index in [1.54, 1.807) is 12.3 Å². The van der Waals surface area contributed by atoms with E-state index in [1.807, 2.05) is 24.3 Å². The van der Waals surface area contributed by atoms with E-state index >= 15 is 0 Å². The molecule has 0 saturated heterocycles. The third-order valence-electron chi connectivity index (χ3n) is 2.66. The molecule has 0 fully saturated rings. The average Bonchev–Trinajstić information content (AvgIpc) is 2.78. The van der Waals surface area contributed by atoms with Crippen LogP contribution in [0.25, 0.3) is 0 Å². The SMILES string of the molecule is CC(Cc1ccco1)NCc1cc(Cl)cc(Cl)c1. The number of halogens is 2. The van der Waals surface area contributed by atoms with Crippen LogP contribution < -0.4 is 5.32 Å². The molecule has 0 radical (unpaired) electrons. The van der Waals surface area contributed by atoms with Crippen molar-refractivity contribution in [1.29, 1.82) is 0 Å². The lowest BCUT2D eigenvalue weighted by Gasteiger charge is -2.12. The summed E-state index contributed by atoms with van der Waals surface area (Å²) >= 11 is 11.9. The Hall–Kier alpha value is -0.960. The van der Waals surface area contributed by atoms with Crippen molar-refractivity contribution < 1.29 is 4.42 Å². The zero-order chi connectivity index (χ0) is 13.0. The van der Waals surface area contributed by atoms with Gasteiger partial charge in [-0.2, -0.15) is 0 Å². The molecule has 0 aliphatic rings. The summed E-state index contributed by atoms with van der Waals surface area (Å²) < 4.78 is 5.31. The Bertz CT molecular complexity index is 476. The summed E-state index contributed by atoms with van der Waals surface area (Å²) in [6.45, 7) is 2.86. The minimum Gasteiger partial charge on any atom is -0.469 e. The molecule has 2 aromatic rings. The van der Waals surface area contributed by atoms with Crippen molar-refractivity contribution in [1.82, 2.24) is 5.32 Å². The normalized spacial score (nSPS) is 12.6. The zero-order valence-corrected chi connectivity index (χ0v) is 11.6. The Morgan fingerprint density at radius 3 is 2.56 bits per heavy atom. The Morgan fingerprint density at radius 1 is 1.22 bits per heavy atom. The lowest BCUT2D eigenvalue weighted by Crippen LogP contribution is -2.27. The van der Waals surface area contributed by atoms with Gasteiger partial charge in [-0.3, -0.25) is 0 Å². The minimum atomic E-state index is 0.328. The highest BCUT2D eigenvalue weighted by Crippen LogP contribution is 2.19. The topological polar surface area (TPSA) is 25.2 Å². The van der Waals surface area contributed by atoms with E-state index in [0.29, 0.717) is 16.1 Å². The second kappa shape index (κ2) is 6.28. The van der Waals surface area contributed by atoms with Crippen LogP contribution in [-0.4, -0.2) is 6.04 Å². The first-order valence-corrected chi connectivity index (χ1v) is 6.60. The van der Waals surface area contributed by atoms with Gasteiger partial charge in [0.05, 0.1) is 6.26 Å². The second-order valence-electron chi connectivity index (χ2n) is 4.34. The standard InChI is InChI=1S/C14H15Cl2NO/c1-10(5-14-3-2-4-18-14)17-9-11-6-12(15)8-13(16)7-11/h2-4,6-8,10,17H,5,9H2,1H3. The van der Waals surface area contributed by atoms with Gasteiger partial charge in [0.15, 0.2) is 0 Å². The summed E-state index contributed by atoms with van der Waals surface area (Å²) in [6.07, 6.45) is 2.56. The first kappa shape index (κ1) is 13.5. The van der Waals surface area contributed by atoms with Crippen LogP contribution in [0.4, 0.5) is 0 Å². The molecular formula is C14H15Cl2NO. The minimum absolute atomic E-state index is 0.328. The zero-order valence-electron chi connectivity index (χ0n) is 10.1. The highest BCUT2D eigenvalue weighted by atomic mass is 35.5. The van der Waals surface area contributed by atoms with Crippen LogP contribution in [0.2, 0.25) is 10.0 Å². The van der Waals surface area contributed by atoms with Crippen LogP contribution in [0.1, 0.15) is 18.2 Å². The maximum Gasteiger partial charge on any atom is 0.105 e. The Kier molecular flexibility index (Phi) is 4.70. The fourth-order valence-electron chi connectivity index (χ4n) is 1.81. The Morgan fingerprint density at radius 2 is 1.94 bits per heavy atom. The molecule has 0 saturated carbocycles. The summed E-state index contributed by atoms with van der Waals surface area (Å²) in [6, 6.07) is 9.78. The van der Waals surface area contributed by atoms with E-state index in [0.717, 1.165) is 24.3 Å². The molecule has 0 aliphatic heterocycles. The third kappa shape index (κ3) is 4.05. The molecule has 0 bridgehead atoms. The second-order valence-corrected chi connectivity index (χ2v) is 5.22. The van der Waals surface area contributed by atoms with Gasteiger partial charge >= 0.3 is 0 Å². The van der Waals surface area contributed by atoms with Crippen LogP contribution in [0.15, 0.2) is 41.0 Å². The number of benzene rings is 1. The Balaban J connectivity index is 1.87. The van der Waals surface area contributed by atoms with E-state index in [2.05, 4.69) is 12.2 Å². The maximum absolute atomic E-state index is 5.95. The van der Waals surface area contributed by atoms with Gasteiger partial charge in [0.1, 0.15) is 5.76 Å². The lowest BCUT2D eigenvalue weighted by atomic mass is 10.1. The van der Waals surface area contributed by atoms with E-state index in [4.69, 9.17) is 27.6 Å². The first-order valence-electron chi connectivity index (χ1n) is 5.84. The van der Waals surface area contributed by atoms with E-state index in [-0.39, 0.29) is 0 Å². The molecule has 1 unspecified atom stereocenters. The molecule has 96 valence electrons. The van der Waals surface area contributed by atoms with Crippen LogP contribution in [0, 0.1) is 0 Å². The fourth-order valence-corrected chi connectivity index (χ4v) is 2.38. The largest absolute Gasteiger partial charge is 0.469 e. The molecule has 18 heavy (non-hydrogen) atoms. The van der Waals surface area contributed by atoms with Crippen LogP contribution >= 0.6 is 23.2 Å². The summed E-state index contributed by atoms with van der Waals surface area (Å²) in [5.41, 5.74) is 1.08.